The van der Waals surface area contributed by atoms with Gasteiger partial charge in [-0.3, -0.25) is 0 Å². The third-order valence-electron chi connectivity index (χ3n) is 2.85. The molecule has 1 unspecified atom stereocenters. The van der Waals surface area contributed by atoms with Crippen LogP contribution in [-0.4, -0.2) is 0 Å². The second-order valence-corrected chi connectivity index (χ2v) is 3.98. The van der Waals surface area contributed by atoms with Gasteiger partial charge in [-0.2, -0.15) is 0 Å². The van der Waals surface area contributed by atoms with E-state index in [2.05, 4.69) is 49.7 Å². The zero-order valence-corrected chi connectivity index (χ0v) is 9.66. The molecule has 1 rings (SSSR count). The van der Waals surface area contributed by atoms with Crippen LogP contribution in [0.25, 0.3) is 0 Å². The van der Waals surface area contributed by atoms with Gasteiger partial charge in [-0.05, 0) is 6.42 Å². The van der Waals surface area contributed by atoms with Crippen LogP contribution in [0.3, 0.4) is 0 Å². The normalized spacial score (nSPS) is 12.8. The fourth-order valence-electron chi connectivity index (χ4n) is 1.68. The van der Waals surface area contributed by atoms with Crippen LogP contribution in [0, 0.1) is 0 Å². The average Bonchev–Trinajstić information content (AvgIpc) is 2.25. The number of unbranched alkanes of at least 4 members (excludes halogenated alkanes) is 1. The largest absolute Gasteiger partial charge is 0.202 e. The Morgan fingerprint density at radius 3 is 2.71 bits per heavy atom. The molecule has 1 nitrogen and oxygen atoms in total. The first-order chi connectivity index (χ1) is 6.79. The van der Waals surface area contributed by atoms with Gasteiger partial charge in [0.15, 0.2) is 11.9 Å². The first-order valence-corrected chi connectivity index (χ1v) is 5.78. The SMILES string of the molecule is CCCC[n+]1ccccc1C(C)CC. The van der Waals surface area contributed by atoms with Crippen LogP contribution in [0.5, 0.6) is 0 Å². The summed E-state index contributed by atoms with van der Waals surface area (Å²) in [7, 11) is 0. The Kier molecular flexibility index (Phi) is 4.64. The summed E-state index contributed by atoms with van der Waals surface area (Å²) in [6.45, 7) is 7.96. The predicted octanol–water partition coefficient (Wildman–Crippen LogP) is 3.29. The smallest absolute Gasteiger partial charge is 0.184 e. The maximum absolute atomic E-state index is 2.40. The molecule has 1 heterocycles. The predicted molar refractivity (Wildman–Crippen MR) is 60.3 cm³/mol. The number of rotatable bonds is 5. The molecule has 14 heavy (non-hydrogen) atoms. The molecule has 0 radical (unpaired) electrons. The van der Waals surface area contributed by atoms with Gasteiger partial charge >= 0.3 is 0 Å². The standard InChI is InChI=1S/C13H22N/c1-4-6-10-14-11-8-7-9-13(14)12(3)5-2/h7-9,11-12H,4-6,10H2,1-3H3/q+1. The molecule has 0 aliphatic heterocycles. The molecule has 1 aromatic heterocycles. The summed E-state index contributed by atoms with van der Waals surface area (Å²) in [5.74, 6) is 0.674. The van der Waals surface area contributed by atoms with Crippen molar-refractivity contribution in [1.29, 1.82) is 0 Å². The number of hydrogen-bond acceptors (Lipinski definition) is 0. The van der Waals surface area contributed by atoms with E-state index in [1.807, 2.05) is 0 Å². The molecule has 0 spiro atoms. The maximum Gasteiger partial charge on any atom is 0.184 e. The number of aryl methyl sites for hydroxylation is 1. The summed E-state index contributed by atoms with van der Waals surface area (Å²) in [4.78, 5) is 0. The van der Waals surface area contributed by atoms with Crippen LogP contribution in [0.15, 0.2) is 24.4 Å². The van der Waals surface area contributed by atoms with E-state index < -0.39 is 0 Å². The summed E-state index contributed by atoms with van der Waals surface area (Å²) < 4.78 is 2.40. The van der Waals surface area contributed by atoms with Crippen molar-refractivity contribution in [2.24, 2.45) is 0 Å². The topological polar surface area (TPSA) is 3.88 Å². The third kappa shape index (κ3) is 2.83. The lowest BCUT2D eigenvalue weighted by Crippen LogP contribution is -2.38. The Morgan fingerprint density at radius 1 is 1.29 bits per heavy atom. The Hall–Kier alpha value is -0.850. The summed E-state index contributed by atoms with van der Waals surface area (Å²) in [6.07, 6.45) is 5.97. The van der Waals surface area contributed by atoms with Crippen molar-refractivity contribution in [3.05, 3.63) is 30.1 Å². The zero-order chi connectivity index (χ0) is 10.4. The highest BCUT2D eigenvalue weighted by Gasteiger charge is 2.14. The molecule has 0 fully saturated rings. The molecule has 0 bridgehead atoms. The van der Waals surface area contributed by atoms with Crippen LogP contribution in [0.1, 0.15) is 51.6 Å². The number of hydrogen-bond donors (Lipinski definition) is 0. The fraction of sp³-hybridized carbons (Fsp3) is 0.615. The van der Waals surface area contributed by atoms with E-state index in [9.17, 15) is 0 Å². The molecule has 0 N–H and O–H groups in total. The molecule has 0 aliphatic carbocycles. The quantitative estimate of drug-likeness (QED) is 0.630. The number of pyridine rings is 1. The summed E-state index contributed by atoms with van der Waals surface area (Å²) in [5, 5.41) is 0. The molecular formula is C13H22N+. The van der Waals surface area contributed by atoms with E-state index in [-0.39, 0.29) is 0 Å². The first-order valence-electron chi connectivity index (χ1n) is 5.78. The monoisotopic (exact) mass is 192 g/mol. The lowest BCUT2D eigenvalue weighted by atomic mass is 10.0. The minimum absolute atomic E-state index is 0.674. The van der Waals surface area contributed by atoms with Crippen molar-refractivity contribution < 1.29 is 4.57 Å². The zero-order valence-electron chi connectivity index (χ0n) is 9.66. The van der Waals surface area contributed by atoms with Gasteiger partial charge in [0.1, 0.15) is 6.54 Å². The Balaban J connectivity index is 2.79. The van der Waals surface area contributed by atoms with E-state index in [4.69, 9.17) is 0 Å². The molecule has 0 saturated carbocycles. The molecule has 0 aliphatic rings. The van der Waals surface area contributed by atoms with E-state index in [0.717, 1.165) is 6.54 Å². The van der Waals surface area contributed by atoms with E-state index in [1.165, 1.54) is 25.0 Å². The molecule has 0 amide bonds. The highest BCUT2D eigenvalue weighted by Crippen LogP contribution is 2.13. The highest BCUT2D eigenvalue weighted by atomic mass is 15.0. The fourth-order valence-corrected chi connectivity index (χ4v) is 1.68. The van der Waals surface area contributed by atoms with Crippen LogP contribution in [0.4, 0.5) is 0 Å². The Labute approximate surface area is 87.8 Å². The van der Waals surface area contributed by atoms with Crippen LogP contribution < -0.4 is 4.57 Å². The minimum atomic E-state index is 0.674. The van der Waals surface area contributed by atoms with Crippen LogP contribution in [0.2, 0.25) is 0 Å². The second-order valence-electron chi connectivity index (χ2n) is 3.98. The van der Waals surface area contributed by atoms with Crippen molar-refractivity contribution in [1.82, 2.24) is 0 Å². The van der Waals surface area contributed by atoms with Crippen LogP contribution in [-0.2, 0) is 6.54 Å². The average molecular weight is 192 g/mol. The Morgan fingerprint density at radius 2 is 2.07 bits per heavy atom. The van der Waals surface area contributed by atoms with Gasteiger partial charge in [-0.1, -0.05) is 33.3 Å². The Bertz CT molecular complexity index is 268. The van der Waals surface area contributed by atoms with Crippen LogP contribution >= 0.6 is 0 Å². The maximum atomic E-state index is 2.40. The molecule has 0 aromatic carbocycles. The van der Waals surface area contributed by atoms with Gasteiger partial charge in [0.05, 0.1) is 0 Å². The van der Waals surface area contributed by atoms with E-state index >= 15 is 0 Å². The molecule has 1 atom stereocenters. The second kappa shape index (κ2) is 5.79. The number of aromatic nitrogens is 1. The molecule has 78 valence electrons. The summed E-state index contributed by atoms with van der Waals surface area (Å²) in [6, 6.07) is 6.52. The van der Waals surface area contributed by atoms with Crippen molar-refractivity contribution in [2.45, 2.75) is 52.5 Å². The molecular weight excluding hydrogens is 170 g/mol. The lowest BCUT2D eigenvalue weighted by molar-refractivity contribution is -0.705. The van der Waals surface area contributed by atoms with Crippen molar-refractivity contribution >= 4 is 0 Å². The van der Waals surface area contributed by atoms with Gasteiger partial charge in [0, 0.05) is 24.5 Å². The van der Waals surface area contributed by atoms with Gasteiger partial charge < -0.3 is 0 Å². The molecule has 0 saturated heterocycles. The van der Waals surface area contributed by atoms with Gasteiger partial charge in [-0.15, -0.1) is 0 Å². The van der Waals surface area contributed by atoms with Gasteiger partial charge in [0.2, 0.25) is 0 Å². The molecule has 1 heteroatoms. The lowest BCUT2D eigenvalue weighted by Gasteiger charge is -2.08. The third-order valence-corrected chi connectivity index (χ3v) is 2.85. The molecule has 1 aromatic rings. The van der Waals surface area contributed by atoms with Crippen molar-refractivity contribution in [3.8, 4) is 0 Å². The van der Waals surface area contributed by atoms with E-state index in [0.29, 0.717) is 5.92 Å². The van der Waals surface area contributed by atoms with Gasteiger partial charge in [0.25, 0.3) is 0 Å². The van der Waals surface area contributed by atoms with Crippen molar-refractivity contribution in [2.75, 3.05) is 0 Å². The number of nitrogens with zero attached hydrogens (tertiary/aromatic N) is 1. The first kappa shape index (κ1) is 11.2. The van der Waals surface area contributed by atoms with E-state index in [1.54, 1.807) is 0 Å². The van der Waals surface area contributed by atoms with Crippen molar-refractivity contribution in [3.63, 3.8) is 0 Å². The highest BCUT2D eigenvalue weighted by molar-refractivity contribution is 5.02. The van der Waals surface area contributed by atoms with Gasteiger partial charge in [-0.25, -0.2) is 4.57 Å². The summed E-state index contributed by atoms with van der Waals surface area (Å²) >= 11 is 0. The minimum Gasteiger partial charge on any atom is -0.202 e. The summed E-state index contributed by atoms with van der Waals surface area (Å²) in [5.41, 5.74) is 1.48.